The fraction of sp³-hybridized carbons (Fsp3) is 0.533. The number of halogens is 1. The maximum atomic E-state index is 12.4. The minimum Gasteiger partial charge on any atom is -0.399 e. The first-order chi connectivity index (χ1) is 8.74. The van der Waals surface area contributed by atoms with E-state index in [1.54, 1.807) is 12.1 Å². The number of benzene rings is 1. The van der Waals surface area contributed by atoms with Gasteiger partial charge in [0.15, 0.2) is 0 Å². The Bertz CT molecular complexity index is 432. The third-order valence-corrected chi connectivity index (χ3v) is 4.42. The molecule has 1 aliphatic carbocycles. The molecule has 0 spiro atoms. The summed E-state index contributed by atoms with van der Waals surface area (Å²) in [6.45, 7) is 1.90. The monoisotopic (exact) mass is 280 g/mol. The molecule has 104 valence electrons. The van der Waals surface area contributed by atoms with Crippen molar-refractivity contribution in [3.8, 4) is 0 Å². The van der Waals surface area contributed by atoms with Crippen LogP contribution in [-0.4, -0.2) is 23.9 Å². The first-order valence-corrected chi connectivity index (χ1v) is 6.89. The predicted molar refractivity (Wildman–Crippen MR) is 79.5 cm³/mol. The van der Waals surface area contributed by atoms with E-state index in [1.807, 2.05) is 17.0 Å². The van der Waals surface area contributed by atoms with Gasteiger partial charge in [0.05, 0.1) is 0 Å². The van der Waals surface area contributed by atoms with E-state index in [0.29, 0.717) is 5.69 Å². The lowest BCUT2D eigenvalue weighted by atomic mass is 9.82. The fourth-order valence-corrected chi connectivity index (χ4v) is 3.38. The Hall–Kier alpha value is -1.22. The Kier molecular flexibility index (Phi) is 4.35. The molecular formula is C15H21ClN2O. The van der Waals surface area contributed by atoms with Gasteiger partial charge in [-0.1, -0.05) is 12.8 Å². The van der Waals surface area contributed by atoms with Crippen molar-refractivity contribution in [2.24, 2.45) is 11.8 Å². The number of carbonyl (C=O) groups is 1. The smallest absolute Gasteiger partial charge is 0.253 e. The molecule has 1 saturated carbocycles. The lowest BCUT2D eigenvalue weighted by Gasteiger charge is -2.22. The molecule has 1 heterocycles. The quantitative estimate of drug-likeness (QED) is 0.804. The van der Waals surface area contributed by atoms with E-state index in [0.717, 1.165) is 30.5 Å². The van der Waals surface area contributed by atoms with Gasteiger partial charge in [-0.2, -0.15) is 0 Å². The Labute approximate surface area is 120 Å². The van der Waals surface area contributed by atoms with Gasteiger partial charge in [-0.15, -0.1) is 12.4 Å². The first-order valence-electron chi connectivity index (χ1n) is 6.89. The predicted octanol–water partition coefficient (Wildman–Crippen LogP) is 2.95. The standard InChI is InChI=1S/C15H20N2O.ClH/c16-14-7-5-11(6-8-14)15(18)17-9-12-3-1-2-4-13(12)10-17;/h5-8,12-13H,1-4,9-10,16H2;1H. The molecule has 4 heteroatoms. The van der Waals surface area contributed by atoms with Crippen LogP contribution in [0.1, 0.15) is 36.0 Å². The van der Waals surface area contributed by atoms with Crippen LogP contribution in [0.3, 0.4) is 0 Å². The van der Waals surface area contributed by atoms with E-state index in [2.05, 4.69) is 0 Å². The number of rotatable bonds is 1. The molecular weight excluding hydrogens is 260 g/mol. The number of fused-ring (bicyclic) bond motifs is 1. The van der Waals surface area contributed by atoms with Crippen LogP contribution in [0, 0.1) is 11.8 Å². The van der Waals surface area contributed by atoms with Crippen LogP contribution in [-0.2, 0) is 0 Å². The summed E-state index contributed by atoms with van der Waals surface area (Å²) in [4.78, 5) is 14.4. The average molecular weight is 281 g/mol. The van der Waals surface area contributed by atoms with E-state index >= 15 is 0 Å². The molecule has 2 unspecified atom stereocenters. The highest BCUT2D eigenvalue weighted by molar-refractivity contribution is 5.94. The highest BCUT2D eigenvalue weighted by Gasteiger charge is 2.36. The van der Waals surface area contributed by atoms with Crippen LogP contribution in [0.5, 0.6) is 0 Å². The zero-order chi connectivity index (χ0) is 12.5. The molecule has 0 aromatic heterocycles. The molecule has 1 aromatic rings. The third kappa shape index (κ3) is 2.86. The van der Waals surface area contributed by atoms with Gasteiger partial charge in [-0.25, -0.2) is 0 Å². The van der Waals surface area contributed by atoms with Crippen molar-refractivity contribution in [3.05, 3.63) is 29.8 Å². The van der Waals surface area contributed by atoms with Gasteiger partial charge in [0.2, 0.25) is 0 Å². The normalized spacial score (nSPS) is 25.6. The lowest BCUT2D eigenvalue weighted by Crippen LogP contribution is -2.28. The molecule has 2 N–H and O–H groups in total. The van der Waals surface area contributed by atoms with Gasteiger partial charge in [0, 0.05) is 24.3 Å². The number of nitrogens with zero attached hydrogens (tertiary/aromatic N) is 1. The summed E-state index contributed by atoms with van der Waals surface area (Å²) < 4.78 is 0. The van der Waals surface area contributed by atoms with E-state index < -0.39 is 0 Å². The highest BCUT2D eigenvalue weighted by Crippen LogP contribution is 2.36. The zero-order valence-corrected chi connectivity index (χ0v) is 11.9. The van der Waals surface area contributed by atoms with Crippen LogP contribution in [0.15, 0.2) is 24.3 Å². The molecule has 0 radical (unpaired) electrons. The molecule has 1 aliphatic heterocycles. The van der Waals surface area contributed by atoms with Crippen LogP contribution in [0.4, 0.5) is 5.69 Å². The number of hydrogen-bond acceptors (Lipinski definition) is 2. The maximum Gasteiger partial charge on any atom is 0.253 e. The molecule has 0 bridgehead atoms. The first kappa shape index (κ1) is 14.2. The largest absolute Gasteiger partial charge is 0.399 e. The number of nitrogens with two attached hydrogens (primary N) is 1. The summed E-state index contributed by atoms with van der Waals surface area (Å²) in [6.07, 6.45) is 5.28. The second-order valence-corrected chi connectivity index (χ2v) is 5.64. The van der Waals surface area contributed by atoms with Crippen LogP contribution in [0.25, 0.3) is 0 Å². The van der Waals surface area contributed by atoms with E-state index in [1.165, 1.54) is 25.7 Å². The summed E-state index contributed by atoms with van der Waals surface area (Å²) in [5.41, 5.74) is 7.13. The van der Waals surface area contributed by atoms with Crippen molar-refractivity contribution in [2.45, 2.75) is 25.7 Å². The summed E-state index contributed by atoms with van der Waals surface area (Å²) in [6, 6.07) is 7.27. The lowest BCUT2D eigenvalue weighted by molar-refractivity contribution is 0.0784. The molecule has 3 rings (SSSR count). The molecule has 2 atom stereocenters. The minimum absolute atomic E-state index is 0. The number of amides is 1. The minimum atomic E-state index is 0. The highest BCUT2D eigenvalue weighted by atomic mass is 35.5. The Morgan fingerprint density at radius 2 is 1.58 bits per heavy atom. The van der Waals surface area contributed by atoms with Crippen LogP contribution >= 0.6 is 12.4 Å². The van der Waals surface area contributed by atoms with Crippen molar-refractivity contribution in [2.75, 3.05) is 18.8 Å². The topological polar surface area (TPSA) is 46.3 Å². The van der Waals surface area contributed by atoms with Gasteiger partial charge < -0.3 is 10.6 Å². The summed E-state index contributed by atoms with van der Waals surface area (Å²) in [5.74, 6) is 1.66. The molecule has 19 heavy (non-hydrogen) atoms. The summed E-state index contributed by atoms with van der Waals surface area (Å²) >= 11 is 0. The fourth-order valence-electron chi connectivity index (χ4n) is 3.38. The zero-order valence-electron chi connectivity index (χ0n) is 11.0. The van der Waals surface area contributed by atoms with E-state index in [4.69, 9.17) is 5.73 Å². The van der Waals surface area contributed by atoms with Crippen molar-refractivity contribution < 1.29 is 4.79 Å². The molecule has 3 nitrogen and oxygen atoms in total. The Balaban J connectivity index is 0.00000133. The Morgan fingerprint density at radius 1 is 1.05 bits per heavy atom. The van der Waals surface area contributed by atoms with Gasteiger partial charge >= 0.3 is 0 Å². The Morgan fingerprint density at radius 3 is 2.11 bits per heavy atom. The SMILES string of the molecule is Cl.Nc1ccc(C(=O)N2CC3CCCCC3C2)cc1. The molecule has 1 amide bonds. The molecule has 1 saturated heterocycles. The van der Waals surface area contributed by atoms with Crippen molar-refractivity contribution in [1.82, 2.24) is 4.90 Å². The van der Waals surface area contributed by atoms with Gasteiger partial charge in [0.25, 0.3) is 5.91 Å². The third-order valence-electron chi connectivity index (χ3n) is 4.42. The average Bonchev–Trinajstić information content (AvgIpc) is 2.82. The second kappa shape index (κ2) is 5.83. The van der Waals surface area contributed by atoms with Crippen molar-refractivity contribution >= 4 is 24.0 Å². The van der Waals surface area contributed by atoms with Gasteiger partial charge in [0.1, 0.15) is 0 Å². The molecule has 2 fully saturated rings. The van der Waals surface area contributed by atoms with Crippen molar-refractivity contribution in [3.63, 3.8) is 0 Å². The van der Waals surface area contributed by atoms with Crippen LogP contribution < -0.4 is 5.73 Å². The van der Waals surface area contributed by atoms with Gasteiger partial charge in [-0.05, 0) is 48.9 Å². The van der Waals surface area contributed by atoms with E-state index in [9.17, 15) is 4.79 Å². The molecule has 2 aliphatic rings. The van der Waals surface area contributed by atoms with Gasteiger partial charge in [-0.3, -0.25) is 4.79 Å². The number of hydrogen-bond donors (Lipinski definition) is 1. The summed E-state index contributed by atoms with van der Waals surface area (Å²) in [5, 5.41) is 0. The molecule has 1 aromatic carbocycles. The number of likely N-dealkylation sites (tertiary alicyclic amines) is 1. The number of anilines is 1. The van der Waals surface area contributed by atoms with Crippen molar-refractivity contribution in [1.29, 1.82) is 0 Å². The van der Waals surface area contributed by atoms with E-state index in [-0.39, 0.29) is 18.3 Å². The second-order valence-electron chi connectivity index (χ2n) is 5.64. The summed E-state index contributed by atoms with van der Waals surface area (Å²) in [7, 11) is 0. The van der Waals surface area contributed by atoms with Crippen LogP contribution in [0.2, 0.25) is 0 Å². The number of nitrogen functional groups attached to an aromatic ring is 1. The number of carbonyl (C=O) groups excluding carboxylic acids is 1. The maximum absolute atomic E-state index is 12.4.